The van der Waals surface area contributed by atoms with Crippen molar-refractivity contribution in [2.24, 2.45) is 0 Å². The van der Waals surface area contributed by atoms with Crippen LogP contribution < -0.4 is 5.56 Å². The van der Waals surface area contributed by atoms with Crippen molar-refractivity contribution in [3.63, 3.8) is 0 Å². The van der Waals surface area contributed by atoms with E-state index in [0.717, 1.165) is 18.2 Å². The third-order valence-corrected chi connectivity index (χ3v) is 3.48. The van der Waals surface area contributed by atoms with E-state index in [0.29, 0.717) is 4.88 Å². The monoisotopic (exact) mass is 297 g/mol. The Morgan fingerprint density at radius 3 is 2.70 bits per heavy atom. The van der Waals surface area contributed by atoms with Crippen LogP contribution in [0.15, 0.2) is 34.7 Å². The van der Waals surface area contributed by atoms with Gasteiger partial charge in [-0.3, -0.25) is 9.78 Å². The van der Waals surface area contributed by atoms with Crippen LogP contribution in [0, 0.1) is 0 Å². The van der Waals surface area contributed by atoms with E-state index in [4.69, 9.17) is 0 Å². The highest BCUT2D eigenvalue weighted by molar-refractivity contribution is 7.13. The summed E-state index contributed by atoms with van der Waals surface area (Å²) < 4.78 is 38.0. The van der Waals surface area contributed by atoms with E-state index in [1.54, 1.807) is 5.51 Å². The van der Waals surface area contributed by atoms with Crippen LogP contribution in [-0.2, 0) is 6.18 Å². The molecule has 20 heavy (non-hydrogen) atoms. The van der Waals surface area contributed by atoms with Gasteiger partial charge < -0.3 is 4.98 Å². The van der Waals surface area contributed by atoms with Crippen LogP contribution in [0.4, 0.5) is 13.2 Å². The van der Waals surface area contributed by atoms with Crippen molar-refractivity contribution in [1.29, 1.82) is 0 Å². The molecule has 2 aromatic heterocycles. The number of rotatable bonds is 1. The Labute approximate surface area is 113 Å². The van der Waals surface area contributed by atoms with Crippen molar-refractivity contribution in [2.45, 2.75) is 6.18 Å². The van der Waals surface area contributed by atoms with Gasteiger partial charge in [0, 0.05) is 6.20 Å². The number of H-pyrrole nitrogens is 1. The molecule has 0 aliphatic heterocycles. The molecule has 4 nitrogen and oxygen atoms in total. The van der Waals surface area contributed by atoms with Gasteiger partial charge in [-0.1, -0.05) is 0 Å². The maximum Gasteiger partial charge on any atom is 0.416 e. The summed E-state index contributed by atoms with van der Waals surface area (Å²) in [4.78, 5) is 22.9. The third kappa shape index (κ3) is 2.18. The first-order chi connectivity index (χ1) is 9.45. The van der Waals surface area contributed by atoms with E-state index in [1.165, 1.54) is 17.5 Å². The average Bonchev–Trinajstić information content (AvgIpc) is 2.90. The molecule has 0 unspecified atom stereocenters. The molecular weight excluding hydrogens is 291 g/mol. The van der Waals surface area contributed by atoms with Gasteiger partial charge in [-0.05, 0) is 18.2 Å². The Morgan fingerprint density at radius 2 is 2.05 bits per heavy atom. The van der Waals surface area contributed by atoms with Gasteiger partial charge in [0.15, 0.2) is 5.82 Å². The fourth-order valence-corrected chi connectivity index (χ4v) is 2.33. The summed E-state index contributed by atoms with van der Waals surface area (Å²) >= 11 is 1.24. The van der Waals surface area contributed by atoms with Crippen LogP contribution >= 0.6 is 11.3 Å². The minimum absolute atomic E-state index is 0.00646. The number of nitrogens with zero attached hydrogens (tertiary/aromatic N) is 2. The summed E-state index contributed by atoms with van der Waals surface area (Å²) in [6, 6.07) is 2.86. The number of hydrogen-bond acceptors (Lipinski definition) is 4. The number of nitrogens with one attached hydrogen (secondary N) is 1. The first-order valence-electron chi connectivity index (χ1n) is 5.45. The summed E-state index contributed by atoms with van der Waals surface area (Å²) in [5, 5.41) is 0.117. The van der Waals surface area contributed by atoms with Crippen LogP contribution in [0.25, 0.3) is 21.6 Å². The van der Waals surface area contributed by atoms with E-state index >= 15 is 0 Å². The maximum atomic E-state index is 12.7. The molecule has 0 atom stereocenters. The number of halogens is 3. The molecule has 102 valence electrons. The van der Waals surface area contributed by atoms with Gasteiger partial charge in [-0.2, -0.15) is 13.2 Å². The van der Waals surface area contributed by atoms with Crippen molar-refractivity contribution in [3.8, 4) is 10.7 Å². The lowest BCUT2D eigenvalue weighted by Gasteiger charge is -2.07. The van der Waals surface area contributed by atoms with Crippen molar-refractivity contribution in [1.82, 2.24) is 15.0 Å². The predicted octanol–water partition coefficient (Wildman–Crippen LogP) is 3.07. The zero-order chi connectivity index (χ0) is 14.3. The average molecular weight is 297 g/mol. The second-order valence-corrected chi connectivity index (χ2v) is 4.90. The summed E-state index contributed by atoms with van der Waals surface area (Å²) in [5.74, 6) is 0.212. The molecule has 2 heterocycles. The van der Waals surface area contributed by atoms with Gasteiger partial charge in [-0.25, -0.2) is 4.98 Å². The summed E-state index contributed by atoms with van der Waals surface area (Å²) in [5.41, 5.74) is 0.239. The summed E-state index contributed by atoms with van der Waals surface area (Å²) in [6.45, 7) is 0. The first-order valence-corrected chi connectivity index (χ1v) is 6.33. The van der Waals surface area contributed by atoms with Gasteiger partial charge in [0.05, 0.1) is 26.9 Å². The van der Waals surface area contributed by atoms with Gasteiger partial charge in [0.1, 0.15) is 0 Å². The van der Waals surface area contributed by atoms with E-state index in [9.17, 15) is 18.0 Å². The molecule has 0 bridgehead atoms. The van der Waals surface area contributed by atoms with Crippen molar-refractivity contribution >= 4 is 22.2 Å². The Hall–Kier alpha value is -2.22. The third-order valence-electron chi connectivity index (χ3n) is 2.70. The predicted molar refractivity (Wildman–Crippen MR) is 68.5 cm³/mol. The molecule has 0 aliphatic carbocycles. The Morgan fingerprint density at radius 1 is 1.25 bits per heavy atom. The second kappa shape index (κ2) is 4.41. The lowest BCUT2D eigenvalue weighted by molar-refractivity contribution is -0.137. The molecule has 3 rings (SSSR count). The van der Waals surface area contributed by atoms with E-state index in [1.807, 2.05) is 0 Å². The molecule has 8 heteroatoms. The highest BCUT2D eigenvalue weighted by Gasteiger charge is 2.30. The van der Waals surface area contributed by atoms with Crippen LogP contribution in [0.2, 0.25) is 0 Å². The van der Waals surface area contributed by atoms with E-state index < -0.39 is 17.3 Å². The van der Waals surface area contributed by atoms with Crippen LogP contribution in [0.5, 0.6) is 0 Å². The number of alkyl halides is 3. The van der Waals surface area contributed by atoms with Gasteiger partial charge in [0.2, 0.25) is 0 Å². The lowest BCUT2D eigenvalue weighted by Crippen LogP contribution is -2.11. The summed E-state index contributed by atoms with van der Waals surface area (Å²) in [6.07, 6.45) is -2.98. The van der Waals surface area contributed by atoms with Crippen molar-refractivity contribution < 1.29 is 13.2 Å². The van der Waals surface area contributed by atoms with Crippen LogP contribution in [-0.4, -0.2) is 15.0 Å². The number of hydrogen-bond donors (Lipinski definition) is 1. The van der Waals surface area contributed by atoms with Crippen LogP contribution in [0.1, 0.15) is 5.56 Å². The SMILES string of the molecule is O=c1[nH]c(-c2cncs2)nc2cc(C(F)(F)F)ccc12. The first kappa shape index (κ1) is 12.8. The molecule has 0 saturated carbocycles. The molecule has 0 spiro atoms. The Bertz CT molecular complexity index is 824. The number of thiazole rings is 1. The smallest absolute Gasteiger partial charge is 0.305 e. The van der Waals surface area contributed by atoms with E-state index in [2.05, 4.69) is 15.0 Å². The second-order valence-electron chi connectivity index (χ2n) is 4.01. The topological polar surface area (TPSA) is 58.6 Å². The fraction of sp³-hybridized carbons (Fsp3) is 0.0833. The molecule has 0 aliphatic rings. The van der Waals surface area contributed by atoms with Gasteiger partial charge in [-0.15, -0.1) is 11.3 Å². The van der Waals surface area contributed by atoms with E-state index in [-0.39, 0.29) is 16.7 Å². The van der Waals surface area contributed by atoms with Crippen molar-refractivity contribution in [3.05, 3.63) is 45.8 Å². The normalized spacial score (nSPS) is 11.9. The molecule has 0 radical (unpaired) electrons. The maximum absolute atomic E-state index is 12.7. The Balaban J connectivity index is 2.26. The largest absolute Gasteiger partial charge is 0.416 e. The Kier molecular flexibility index (Phi) is 2.82. The summed E-state index contributed by atoms with van der Waals surface area (Å²) in [7, 11) is 0. The lowest BCUT2D eigenvalue weighted by atomic mass is 10.1. The minimum atomic E-state index is -4.47. The van der Waals surface area contributed by atoms with Crippen LogP contribution in [0.3, 0.4) is 0 Å². The minimum Gasteiger partial charge on any atom is -0.305 e. The molecule has 0 fully saturated rings. The number of aromatic nitrogens is 3. The number of fused-ring (bicyclic) bond motifs is 1. The molecule has 1 N–H and O–H groups in total. The fourth-order valence-electron chi connectivity index (χ4n) is 1.77. The molecule has 0 saturated heterocycles. The highest BCUT2D eigenvalue weighted by atomic mass is 32.1. The zero-order valence-electron chi connectivity index (χ0n) is 9.73. The number of benzene rings is 1. The van der Waals surface area contributed by atoms with Gasteiger partial charge >= 0.3 is 6.18 Å². The quantitative estimate of drug-likeness (QED) is 0.751. The highest BCUT2D eigenvalue weighted by Crippen LogP contribution is 2.30. The van der Waals surface area contributed by atoms with Crippen molar-refractivity contribution in [2.75, 3.05) is 0 Å². The molecule has 3 aromatic rings. The molecule has 0 amide bonds. The number of aromatic amines is 1. The zero-order valence-corrected chi connectivity index (χ0v) is 10.5. The van der Waals surface area contributed by atoms with Gasteiger partial charge in [0.25, 0.3) is 5.56 Å². The standard InChI is InChI=1S/C12H6F3N3OS/c13-12(14,15)6-1-2-7-8(3-6)17-10(18-11(7)19)9-4-16-5-20-9/h1-5H,(H,17,18,19). The molecule has 1 aromatic carbocycles. The molecular formula is C12H6F3N3OS.